The second-order valence-electron chi connectivity index (χ2n) is 4.32. The summed E-state index contributed by atoms with van der Waals surface area (Å²) in [4.78, 5) is 0. The molecule has 3 rings (SSSR count). The molecule has 3 heterocycles. The quantitative estimate of drug-likeness (QED) is 0.637. The molecule has 82 valence electrons. The summed E-state index contributed by atoms with van der Waals surface area (Å²) in [6, 6.07) is 0. The zero-order valence-electron chi connectivity index (χ0n) is 8.30. The summed E-state index contributed by atoms with van der Waals surface area (Å²) in [5.41, 5.74) is -0.563. The lowest BCUT2D eigenvalue weighted by Crippen LogP contribution is -2.36. The van der Waals surface area contributed by atoms with Crippen LogP contribution >= 0.6 is 0 Å². The number of hydrogen-bond donors (Lipinski definition) is 0. The van der Waals surface area contributed by atoms with Gasteiger partial charge in [0, 0.05) is 13.1 Å². The standard InChI is InChI=1S/C10H13NO3S/c1-2-5-11-7-10-4-3-8(14-10)6-9(10)15(11,12)13/h2-4,8-9H,1,5-7H2/t8-,9-,10-/m0/s1. The van der Waals surface area contributed by atoms with Gasteiger partial charge in [0.1, 0.15) is 10.9 Å². The minimum atomic E-state index is -3.18. The molecule has 3 aliphatic heterocycles. The fourth-order valence-electron chi connectivity index (χ4n) is 2.77. The van der Waals surface area contributed by atoms with Gasteiger partial charge in [-0.3, -0.25) is 0 Å². The average molecular weight is 227 g/mol. The van der Waals surface area contributed by atoms with Crippen molar-refractivity contribution in [1.82, 2.24) is 4.31 Å². The third-order valence-electron chi connectivity index (χ3n) is 3.43. The highest BCUT2D eigenvalue weighted by atomic mass is 32.2. The van der Waals surface area contributed by atoms with Crippen LogP contribution in [-0.2, 0) is 14.8 Å². The van der Waals surface area contributed by atoms with Gasteiger partial charge in [0.2, 0.25) is 10.0 Å². The summed E-state index contributed by atoms with van der Waals surface area (Å²) in [5.74, 6) is 0. The van der Waals surface area contributed by atoms with Crippen molar-refractivity contribution in [3.63, 3.8) is 0 Å². The van der Waals surface area contributed by atoms with Crippen LogP contribution in [0, 0.1) is 0 Å². The molecule has 15 heavy (non-hydrogen) atoms. The van der Waals surface area contributed by atoms with Gasteiger partial charge in [-0.05, 0) is 6.42 Å². The minimum Gasteiger partial charge on any atom is -0.361 e. The number of nitrogens with zero attached hydrogens (tertiary/aromatic N) is 1. The first-order valence-electron chi connectivity index (χ1n) is 5.05. The van der Waals surface area contributed by atoms with Crippen LogP contribution in [-0.4, -0.2) is 42.8 Å². The summed E-state index contributed by atoms with van der Waals surface area (Å²) in [5, 5.41) is -0.375. The first-order valence-corrected chi connectivity index (χ1v) is 6.56. The molecule has 0 unspecified atom stereocenters. The van der Waals surface area contributed by atoms with E-state index in [-0.39, 0.29) is 11.4 Å². The Bertz CT molecular complexity index is 442. The van der Waals surface area contributed by atoms with E-state index in [1.54, 1.807) is 6.08 Å². The highest BCUT2D eigenvalue weighted by Gasteiger charge is 2.63. The molecule has 0 amide bonds. The summed E-state index contributed by atoms with van der Waals surface area (Å²) >= 11 is 0. The minimum absolute atomic E-state index is 0.00987. The van der Waals surface area contributed by atoms with Crippen LogP contribution in [0.4, 0.5) is 0 Å². The molecule has 2 saturated heterocycles. The SMILES string of the molecule is C=CCN1C[C@@]23C=C[C@@H](C[C@@H]2S1(=O)=O)O3. The zero-order chi connectivity index (χ0) is 10.7. The molecule has 3 aliphatic rings. The van der Waals surface area contributed by atoms with E-state index in [4.69, 9.17) is 4.74 Å². The first kappa shape index (κ1) is 9.57. The lowest BCUT2D eigenvalue weighted by molar-refractivity contribution is 0.0315. The fourth-order valence-corrected chi connectivity index (χ4v) is 4.97. The van der Waals surface area contributed by atoms with E-state index in [9.17, 15) is 8.42 Å². The van der Waals surface area contributed by atoms with Crippen LogP contribution in [0.5, 0.6) is 0 Å². The van der Waals surface area contributed by atoms with Gasteiger partial charge in [-0.1, -0.05) is 18.2 Å². The van der Waals surface area contributed by atoms with Crippen molar-refractivity contribution in [2.45, 2.75) is 23.4 Å². The maximum absolute atomic E-state index is 12.1. The Hall–Kier alpha value is -0.650. The van der Waals surface area contributed by atoms with Crippen LogP contribution in [0.2, 0.25) is 0 Å². The van der Waals surface area contributed by atoms with Gasteiger partial charge in [0.15, 0.2) is 0 Å². The van der Waals surface area contributed by atoms with E-state index >= 15 is 0 Å². The number of fused-ring (bicyclic) bond motifs is 1. The molecular formula is C10H13NO3S. The monoisotopic (exact) mass is 227 g/mol. The van der Waals surface area contributed by atoms with Crippen LogP contribution < -0.4 is 0 Å². The molecule has 0 saturated carbocycles. The van der Waals surface area contributed by atoms with Crippen molar-refractivity contribution < 1.29 is 13.2 Å². The molecule has 0 aliphatic carbocycles. The molecular weight excluding hydrogens is 214 g/mol. The lowest BCUT2D eigenvalue weighted by atomic mass is 9.94. The van der Waals surface area contributed by atoms with Crippen molar-refractivity contribution in [1.29, 1.82) is 0 Å². The molecule has 0 aromatic rings. The summed E-state index contributed by atoms with van der Waals surface area (Å²) < 4.78 is 31.4. The normalized spacial score (nSPS) is 45.9. The maximum atomic E-state index is 12.1. The molecule has 5 heteroatoms. The molecule has 0 aromatic carbocycles. The van der Waals surface area contributed by atoms with Crippen LogP contribution in [0.25, 0.3) is 0 Å². The molecule has 4 nitrogen and oxygen atoms in total. The van der Waals surface area contributed by atoms with Crippen molar-refractivity contribution in [3.05, 3.63) is 24.8 Å². The molecule has 2 fully saturated rings. The highest BCUT2D eigenvalue weighted by molar-refractivity contribution is 7.90. The average Bonchev–Trinajstić information content (AvgIpc) is 2.78. The number of sulfonamides is 1. The van der Waals surface area contributed by atoms with Crippen LogP contribution in [0.3, 0.4) is 0 Å². The number of ether oxygens (including phenoxy) is 1. The second kappa shape index (κ2) is 2.72. The first-order chi connectivity index (χ1) is 7.08. The van der Waals surface area contributed by atoms with Gasteiger partial charge in [-0.15, -0.1) is 6.58 Å². The third-order valence-corrected chi connectivity index (χ3v) is 5.74. The maximum Gasteiger partial charge on any atom is 0.220 e. The summed E-state index contributed by atoms with van der Waals surface area (Å²) in [6.45, 7) is 4.40. The Morgan fingerprint density at radius 1 is 1.67 bits per heavy atom. The van der Waals surface area contributed by atoms with Crippen molar-refractivity contribution in [2.75, 3.05) is 13.1 Å². The Morgan fingerprint density at radius 2 is 2.47 bits per heavy atom. The topological polar surface area (TPSA) is 46.6 Å². The van der Waals surface area contributed by atoms with Crippen molar-refractivity contribution in [3.8, 4) is 0 Å². The predicted octanol–water partition coefficient (Wildman–Crippen LogP) is 0.284. The molecule has 0 radical (unpaired) electrons. The van der Waals surface area contributed by atoms with Gasteiger partial charge >= 0.3 is 0 Å². The Balaban J connectivity index is 2.03. The Labute approximate surface area is 89.3 Å². The third kappa shape index (κ3) is 1.06. The van der Waals surface area contributed by atoms with Crippen LogP contribution in [0.15, 0.2) is 24.8 Å². The van der Waals surface area contributed by atoms with E-state index in [1.807, 2.05) is 12.2 Å². The largest absolute Gasteiger partial charge is 0.361 e. The van der Waals surface area contributed by atoms with E-state index < -0.39 is 15.6 Å². The van der Waals surface area contributed by atoms with Gasteiger partial charge < -0.3 is 4.74 Å². The molecule has 1 spiro atoms. The summed E-state index contributed by atoms with van der Waals surface area (Å²) in [6.07, 6.45) is 6.13. The fraction of sp³-hybridized carbons (Fsp3) is 0.600. The smallest absolute Gasteiger partial charge is 0.220 e. The van der Waals surface area contributed by atoms with Crippen molar-refractivity contribution in [2.24, 2.45) is 0 Å². The van der Waals surface area contributed by atoms with E-state index in [1.165, 1.54) is 4.31 Å². The van der Waals surface area contributed by atoms with E-state index in [0.29, 0.717) is 19.5 Å². The van der Waals surface area contributed by atoms with Crippen molar-refractivity contribution >= 4 is 10.0 Å². The number of rotatable bonds is 2. The van der Waals surface area contributed by atoms with E-state index in [2.05, 4.69) is 6.58 Å². The van der Waals surface area contributed by atoms with Gasteiger partial charge in [0.25, 0.3) is 0 Å². The predicted molar refractivity (Wildman–Crippen MR) is 55.8 cm³/mol. The zero-order valence-corrected chi connectivity index (χ0v) is 9.11. The molecule has 0 N–H and O–H groups in total. The highest BCUT2D eigenvalue weighted by Crippen LogP contribution is 2.48. The van der Waals surface area contributed by atoms with E-state index in [0.717, 1.165) is 0 Å². The lowest BCUT2D eigenvalue weighted by Gasteiger charge is -2.18. The Morgan fingerprint density at radius 3 is 3.07 bits per heavy atom. The van der Waals surface area contributed by atoms with Gasteiger partial charge in [-0.25, -0.2) is 8.42 Å². The molecule has 3 atom stereocenters. The summed E-state index contributed by atoms with van der Waals surface area (Å²) in [7, 11) is -3.18. The number of hydrogen-bond acceptors (Lipinski definition) is 3. The van der Waals surface area contributed by atoms with Gasteiger partial charge in [0.05, 0.1) is 6.10 Å². The molecule has 2 bridgehead atoms. The van der Waals surface area contributed by atoms with Crippen LogP contribution in [0.1, 0.15) is 6.42 Å². The second-order valence-corrected chi connectivity index (χ2v) is 6.44. The van der Waals surface area contributed by atoms with Gasteiger partial charge in [-0.2, -0.15) is 4.31 Å². The Kier molecular flexibility index (Phi) is 1.74. The molecule has 0 aromatic heterocycles.